The Kier molecular flexibility index (Phi) is 11.8. The zero-order valence-electron chi connectivity index (χ0n) is 31.9. The Labute approximate surface area is 324 Å². The van der Waals surface area contributed by atoms with E-state index in [0.29, 0.717) is 11.5 Å². The maximum atomic E-state index is 11.8. The van der Waals surface area contributed by atoms with Crippen LogP contribution in [0.1, 0.15) is 49.9 Å². The Balaban J connectivity index is 1.30. The molecule has 0 saturated carbocycles. The SMILES string of the molecule is C=CC(=O)Oc1ccc(N(c2ccc(OC(=O)C=C)cc2)c2ccc(C(C)(C)c3ccc(N(c4ccc(CC)cc4)c4ccc(CC)cc4)cc3)cc2)cc1. The lowest BCUT2D eigenvalue weighted by Gasteiger charge is -2.30. The number of rotatable bonds is 14. The van der Waals surface area contributed by atoms with Crippen molar-refractivity contribution in [3.63, 3.8) is 0 Å². The van der Waals surface area contributed by atoms with E-state index < -0.39 is 11.9 Å². The molecule has 0 bridgehead atoms. The van der Waals surface area contributed by atoms with Gasteiger partial charge in [-0.2, -0.15) is 0 Å². The first-order chi connectivity index (χ1) is 26.6. The van der Waals surface area contributed by atoms with E-state index in [2.05, 4.69) is 148 Å². The van der Waals surface area contributed by atoms with Gasteiger partial charge in [-0.1, -0.05) is 89.4 Å². The third kappa shape index (κ3) is 8.77. The average molecular weight is 727 g/mol. The molecule has 0 atom stereocenters. The average Bonchev–Trinajstić information content (AvgIpc) is 3.23. The van der Waals surface area contributed by atoms with Crippen molar-refractivity contribution < 1.29 is 19.1 Å². The van der Waals surface area contributed by atoms with Gasteiger partial charge in [0.25, 0.3) is 0 Å². The highest BCUT2D eigenvalue weighted by Crippen LogP contribution is 2.40. The van der Waals surface area contributed by atoms with Gasteiger partial charge in [0.1, 0.15) is 11.5 Å². The largest absolute Gasteiger partial charge is 0.423 e. The third-order valence-corrected chi connectivity index (χ3v) is 9.86. The van der Waals surface area contributed by atoms with Gasteiger partial charge in [0.2, 0.25) is 0 Å². The highest BCUT2D eigenvalue weighted by atomic mass is 16.5. The van der Waals surface area contributed by atoms with Gasteiger partial charge in [-0.3, -0.25) is 0 Å². The van der Waals surface area contributed by atoms with Crippen LogP contribution in [0.5, 0.6) is 11.5 Å². The predicted molar refractivity (Wildman–Crippen MR) is 225 cm³/mol. The summed E-state index contributed by atoms with van der Waals surface area (Å²) in [7, 11) is 0. The van der Waals surface area contributed by atoms with E-state index in [1.54, 1.807) is 24.3 Å². The number of hydrogen-bond donors (Lipinski definition) is 0. The predicted octanol–water partition coefficient (Wildman–Crippen LogP) is 12.3. The van der Waals surface area contributed by atoms with Crippen LogP contribution in [-0.4, -0.2) is 11.9 Å². The minimum atomic E-state index is -0.525. The summed E-state index contributed by atoms with van der Waals surface area (Å²) in [6.07, 6.45) is 4.26. The summed E-state index contributed by atoms with van der Waals surface area (Å²) in [5.74, 6) is -0.226. The van der Waals surface area contributed by atoms with Gasteiger partial charge in [0.05, 0.1) is 0 Å². The molecule has 0 radical (unpaired) electrons. The molecule has 0 saturated heterocycles. The molecule has 0 aliphatic carbocycles. The lowest BCUT2D eigenvalue weighted by atomic mass is 9.78. The summed E-state index contributed by atoms with van der Waals surface area (Å²) in [6, 6.07) is 49.5. The molecule has 6 aromatic carbocycles. The second-order valence-corrected chi connectivity index (χ2v) is 13.7. The minimum absolute atomic E-state index is 0.300. The Hall–Kier alpha value is -6.66. The van der Waals surface area contributed by atoms with Crippen molar-refractivity contribution >= 4 is 46.1 Å². The highest BCUT2D eigenvalue weighted by Gasteiger charge is 2.25. The van der Waals surface area contributed by atoms with Crippen LogP contribution in [0, 0.1) is 0 Å². The van der Waals surface area contributed by atoms with Crippen molar-refractivity contribution in [1.29, 1.82) is 0 Å². The fraction of sp³-hybridized carbons (Fsp3) is 0.143. The van der Waals surface area contributed by atoms with E-state index in [0.717, 1.165) is 64.7 Å². The first-order valence-electron chi connectivity index (χ1n) is 18.5. The Morgan fingerprint density at radius 2 is 0.727 bits per heavy atom. The molecule has 276 valence electrons. The van der Waals surface area contributed by atoms with E-state index in [1.807, 2.05) is 24.3 Å². The summed E-state index contributed by atoms with van der Waals surface area (Å²) in [6.45, 7) is 15.8. The van der Waals surface area contributed by atoms with E-state index in [4.69, 9.17) is 9.47 Å². The quantitative estimate of drug-likeness (QED) is 0.0633. The number of carbonyl (C=O) groups is 2. The van der Waals surface area contributed by atoms with Gasteiger partial charge in [-0.05, 0) is 132 Å². The Morgan fingerprint density at radius 3 is 0.982 bits per heavy atom. The van der Waals surface area contributed by atoms with E-state index in [9.17, 15) is 9.59 Å². The van der Waals surface area contributed by atoms with Crippen LogP contribution in [0.2, 0.25) is 0 Å². The molecule has 0 spiro atoms. The van der Waals surface area contributed by atoms with Gasteiger partial charge in [0, 0.05) is 51.7 Å². The molecule has 0 unspecified atom stereocenters. The molecule has 0 aromatic heterocycles. The molecule has 0 aliphatic rings. The van der Waals surface area contributed by atoms with Crippen molar-refractivity contribution in [3.8, 4) is 11.5 Å². The molecule has 6 nitrogen and oxygen atoms in total. The van der Waals surface area contributed by atoms with E-state index in [1.165, 1.54) is 16.7 Å². The second kappa shape index (κ2) is 17.0. The van der Waals surface area contributed by atoms with Crippen LogP contribution in [-0.2, 0) is 27.8 Å². The zero-order chi connectivity index (χ0) is 39.0. The van der Waals surface area contributed by atoms with Gasteiger partial charge < -0.3 is 19.3 Å². The van der Waals surface area contributed by atoms with Crippen molar-refractivity contribution in [2.75, 3.05) is 9.80 Å². The van der Waals surface area contributed by atoms with Crippen LogP contribution in [0.3, 0.4) is 0 Å². The molecule has 0 fully saturated rings. The highest BCUT2D eigenvalue weighted by molar-refractivity contribution is 5.85. The number of aryl methyl sites for hydroxylation is 2. The van der Waals surface area contributed by atoms with Crippen molar-refractivity contribution in [2.24, 2.45) is 0 Å². The monoisotopic (exact) mass is 726 g/mol. The summed E-state index contributed by atoms with van der Waals surface area (Å²) in [4.78, 5) is 28.0. The topological polar surface area (TPSA) is 59.1 Å². The van der Waals surface area contributed by atoms with Crippen LogP contribution in [0.15, 0.2) is 171 Å². The lowest BCUT2D eigenvalue weighted by Crippen LogP contribution is -2.19. The first kappa shape index (κ1) is 38.1. The standard InChI is InChI=1S/C49H46N2O4/c1-7-35-11-19-39(20-12-35)50(40-21-13-36(8-2)14-22-40)41-23-15-37(16-24-41)49(5,6)38-17-25-42(26-18-38)51(43-27-31-45(32-28-43)54-47(52)9-3)44-29-33-46(34-30-44)55-48(53)10-4/h9-34H,3-4,7-8H2,1-2,5-6H3. The van der Waals surface area contributed by atoms with Crippen molar-refractivity contribution in [1.82, 2.24) is 0 Å². The normalized spacial score (nSPS) is 11.0. The molecule has 55 heavy (non-hydrogen) atoms. The van der Waals surface area contributed by atoms with Gasteiger partial charge >= 0.3 is 11.9 Å². The molecule has 0 heterocycles. The maximum Gasteiger partial charge on any atom is 0.335 e. The van der Waals surface area contributed by atoms with Gasteiger partial charge in [-0.15, -0.1) is 0 Å². The maximum absolute atomic E-state index is 11.8. The van der Waals surface area contributed by atoms with E-state index >= 15 is 0 Å². The molecule has 0 N–H and O–H groups in total. The number of anilines is 6. The summed E-state index contributed by atoms with van der Waals surface area (Å²) < 4.78 is 10.6. The number of hydrogen-bond acceptors (Lipinski definition) is 6. The third-order valence-electron chi connectivity index (χ3n) is 9.86. The number of ether oxygens (including phenoxy) is 2. The fourth-order valence-corrected chi connectivity index (χ4v) is 6.52. The van der Waals surface area contributed by atoms with Gasteiger partial charge in [-0.25, -0.2) is 9.59 Å². The molecule has 0 aliphatic heterocycles. The van der Waals surface area contributed by atoms with Crippen molar-refractivity contribution in [2.45, 2.75) is 46.0 Å². The summed E-state index contributed by atoms with van der Waals surface area (Å²) >= 11 is 0. The fourth-order valence-electron chi connectivity index (χ4n) is 6.52. The number of esters is 2. The van der Waals surface area contributed by atoms with Crippen molar-refractivity contribution in [3.05, 3.63) is 193 Å². The second-order valence-electron chi connectivity index (χ2n) is 13.7. The Bertz CT molecular complexity index is 2130. The van der Waals surface area contributed by atoms with Crippen LogP contribution < -0.4 is 19.3 Å². The summed E-state index contributed by atoms with van der Waals surface area (Å²) in [5, 5.41) is 0. The van der Waals surface area contributed by atoms with Crippen LogP contribution >= 0.6 is 0 Å². The minimum Gasteiger partial charge on any atom is -0.423 e. The first-order valence-corrected chi connectivity index (χ1v) is 18.5. The van der Waals surface area contributed by atoms with E-state index in [-0.39, 0.29) is 5.41 Å². The molecule has 6 heteroatoms. The Morgan fingerprint density at radius 1 is 0.473 bits per heavy atom. The molecule has 6 aromatic rings. The summed E-state index contributed by atoms with van der Waals surface area (Å²) in [5.41, 5.74) is 10.6. The molecule has 0 amide bonds. The number of nitrogens with zero attached hydrogens (tertiary/aromatic N) is 2. The van der Waals surface area contributed by atoms with Gasteiger partial charge in [0.15, 0.2) is 0 Å². The molecule has 6 rings (SSSR count). The van der Waals surface area contributed by atoms with Crippen LogP contribution in [0.25, 0.3) is 0 Å². The molecular formula is C49H46N2O4. The lowest BCUT2D eigenvalue weighted by molar-refractivity contribution is -0.129. The van der Waals surface area contributed by atoms with Crippen LogP contribution in [0.4, 0.5) is 34.1 Å². The zero-order valence-corrected chi connectivity index (χ0v) is 31.9. The number of benzene rings is 6. The number of carbonyl (C=O) groups excluding carboxylic acids is 2. The molecular weight excluding hydrogens is 681 g/mol. The smallest absolute Gasteiger partial charge is 0.335 e.